The number of phenols is 1. The summed E-state index contributed by atoms with van der Waals surface area (Å²) in [6.07, 6.45) is 1.59. The van der Waals surface area contributed by atoms with Crippen LogP contribution < -0.4 is 16.4 Å². The average molecular weight is 318 g/mol. The van der Waals surface area contributed by atoms with Crippen LogP contribution in [0.15, 0.2) is 12.1 Å². The van der Waals surface area contributed by atoms with Gasteiger partial charge in [0.2, 0.25) is 0 Å². The lowest BCUT2D eigenvalue weighted by molar-refractivity contribution is 0.245. The van der Waals surface area contributed by atoms with Crippen molar-refractivity contribution in [1.82, 2.24) is 10.6 Å². The molecule has 2 rings (SSSR count). The standard InChI is InChI=1S/C13H17Cl2N3O2/c14-9-1-2-10(19)11(12(9)15)7-3-4-17-8(5-7)6-18-13(16)20/h1-2,7-8,17,19H,3-6H2,(H3,16,18,20)/t7-,8+/m0/s1. The molecule has 2 amide bonds. The Bertz CT molecular complexity index is 511. The van der Waals surface area contributed by atoms with Gasteiger partial charge in [-0.05, 0) is 37.4 Å². The highest BCUT2D eigenvalue weighted by Crippen LogP contribution is 2.41. The fraction of sp³-hybridized carbons (Fsp3) is 0.462. The van der Waals surface area contributed by atoms with E-state index in [-0.39, 0.29) is 17.7 Å². The topological polar surface area (TPSA) is 87.4 Å². The number of hydrogen-bond acceptors (Lipinski definition) is 3. The van der Waals surface area contributed by atoms with Gasteiger partial charge in [-0.3, -0.25) is 0 Å². The molecule has 1 fully saturated rings. The Hall–Kier alpha value is -1.17. The first-order valence-electron chi connectivity index (χ1n) is 6.42. The van der Waals surface area contributed by atoms with E-state index in [0.29, 0.717) is 22.2 Å². The van der Waals surface area contributed by atoms with Crippen molar-refractivity contribution in [2.45, 2.75) is 24.8 Å². The number of piperidine rings is 1. The number of aromatic hydroxyl groups is 1. The van der Waals surface area contributed by atoms with E-state index in [1.807, 2.05) is 0 Å². The molecule has 2 atom stereocenters. The number of carbonyl (C=O) groups excluding carboxylic acids is 1. The third-order valence-corrected chi connectivity index (χ3v) is 4.35. The number of nitrogens with two attached hydrogens (primary N) is 1. The number of amides is 2. The number of nitrogens with one attached hydrogen (secondary N) is 2. The van der Waals surface area contributed by atoms with E-state index in [4.69, 9.17) is 28.9 Å². The summed E-state index contributed by atoms with van der Waals surface area (Å²) in [5.74, 6) is 0.259. The molecule has 0 aliphatic carbocycles. The third kappa shape index (κ3) is 3.48. The van der Waals surface area contributed by atoms with Crippen molar-refractivity contribution in [3.05, 3.63) is 27.7 Å². The van der Waals surface area contributed by atoms with Crippen LogP contribution in [0, 0.1) is 0 Å². The smallest absolute Gasteiger partial charge is 0.312 e. The maximum Gasteiger partial charge on any atom is 0.312 e. The Kier molecular flexibility index (Phi) is 4.96. The predicted octanol–water partition coefficient (Wildman–Crippen LogP) is 2.20. The van der Waals surface area contributed by atoms with Crippen LogP contribution in [-0.2, 0) is 0 Å². The van der Waals surface area contributed by atoms with Gasteiger partial charge in [0.15, 0.2) is 0 Å². The number of primary amides is 1. The Morgan fingerprint density at radius 2 is 2.25 bits per heavy atom. The molecule has 5 N–H and O–H groups in total. The molecule has 0 radical (unpaired) electrons. The maximum atomic E-state index is 10.8. The van der Waals surface area contributed by atoms with Crippen molar-refractivity contribution in [3.63, 3.8) is 0 Å². The minimum atomic E-state index is -0.544. The second kappa shape index (κ2) is 6.52. The number of phenolic OH excluding ortho intramolecular Hbond substituents is 1. The van der Waals surface area contributed by atoms with Crippen LogP contribution >= 0.6 is 23.2 Å². The van der Waals surface area contributed by atoms with Gasteiger partial charge in [0.05, 0.1) is 10.0 Å². The summed E-state index contributed by atoms with van der Waals surface area (Å²) in [6.45, 7) is 1.23. The lowest BCUT2D eigenvalue weighted by atomic mass is 9.86. The number of rotatable bonds is 3. The van der Waals surface area contributed by atoms with Crippen molar-refractivity contribution < 1.29 is 9.90 Å². The first-order chi connectivity index (χ1) is 9.49. The van der Waals surface area contributed by atoms with E-state index >= 15 is 0 Å². The van der Waals surface area contributed by atoms with E-state index in [1.165, 1.54) is 0 Å². The first-order valence-corrected chi connectivity index (χ1v) is 7.18. The van der Waals surface area contributed by atoms with E-state index in [0.717, 1.165) is 19.4 Å². The highest BCUT2D eigenvalue weighted by Gasteiger charge is 2.27. The Balaban J connectivity index is 2.13. The molecule has 5 nitrogen and oxygen atoms in total. The average Bonchev–Trinajstić information content (AvgIpc) is 2.42. The van der Waals surface area contributed by atoms with Gasteiger partial charge in [-0.25, -0.2) is 4.79 Å². The molecular formula is C13H17Cl2N3O2. The Morgan fingerprint density at radius 1 is 1.50 bits per heavy atom. The number of urea groups is 1. The molecule has 1 aliphatic rings. The van der Waals surface area contributed by atoms with Crippen molar-refractivity contribution in [2.24, 2.45) is 5.73 Å². The van der Waals surface area contributed by atoms with Crippen LogP contribution in [-0.4, -0.2) is 30.3 Å². The summed E-state index contributed by atoms with van der Waals surface area (Å²) >= 11 is 12.2. The summed E-state index contributed by atoms with van der Waals surface area (Å²) in [5.41, 5.74) is 5.75. The van der Waals surface area contributed by atoms with Gasteiger partial charge < -0.3 is 21.5 Å². The van der Waals surface area contributed by atoms with Gasteiger partial charge >= 0.3 is 6.03 Å². The summed E-state index contributed by atoms with van der Waals surface area (Å²) in [6, 6.07) is 2.69. The van der Waals surface area contributed by atoms with Crippen LogP contribution in [0.1, 0.15) is 24.3 Å². The lowest BCUT2D eigenvalue weighted by Crippen LogP contribution is -2.46. The van der Waals surface area contributed by atoms with Crippen molar-refractivity contribution in [3.8, 4) is 5.75 Å². The summed E-state index contributed by atoms with van der Waals surface area (Å²) in [5, 5.41) is 16.7. The molecule has 1 heterocycles. The fourth-order valence-corrected chi connectivity index (χ4v) is 3.07. The molecule has 0 spiro atoms. The van der Waals surface area contributed by atoms with Crippen LogP contribution in [0.4, 0.5) is 4.79 Å². The minimum absolute atomic E-state index is 0.0932. The van der Waals surface area contributed by atoms with Gasteiger partial charge in [-0.15, -0.1) is 0 Å². The van der Waals surface area contributed by atoms with Gasteiger partial charge in [0.25, 0.3) is 0 Å². The third-order valence-electron chi connectivity index (χ3n) is 3.54. The lowest BCUT2D eigenvalue weighted by Gasteiger charge is -2.31. The number of carbonyl (C=O) groups is 1. The highest BCUT2D eigenvalue weighted by molar-refractivity contribution is 6.42. The number of benzene rings is 1. The molecule has 0 bridgehead atoms. The Morgan fingerprint density at radius 3 is 2.95 bits per heavy atom. The zero-order valence-corrected chi connectivity index (χ0v) is 12.3. The minimum Gasteiger partial charge on any atom is -0.508 e. The first kappa shape index (κ1) is 15.2. The monoisotopic (exact) mass is 317 g/mol. The summed E-state index contributed by atoms with van der Waals surface area (Å²) in [4.78, 5) is 10.8. The fourth-order valence-electron chi connectivity index (χ4n) is 2.59. The molecule has 1 aromatic carbocycles. The Labute approximate surface area is 127 Å². The molecular weight excluding hydrogens is 301 g/mol. The molecule has 0 unspecified atom stereocenters. The molecule has 0 saturated carbocycles. The number of hydrogen-bond donors (Lipinski definition) is 4. The molecule has 20 heavy (non-hydrogen) atoms. The maximum absolute atomic E-state index is 10.8. The van der Waals surface area contributed by atoms with Crippen molar-refractivity contribution >= 4 is 29.2 Å². The van der Waals surface area contributed by atoms with Crippen molar-refractivity contribution in [1.29, 1.82) is 0 Å². The number of halogens is 2. The van der Waals surface area contributed by atoms with Crippen LogP contribution in [0.2, 0.25) is 10.0 Å². The van der Waals surface area contributed by atoms with E-state index in [1.54, 1.807) is 12.1 Å². The highest BCUT2D eigenvalue weighted by atomic mass is 35.5. The van der Waals surface area contributed by atoms with Gasteiger partial charge in [-0.1, -0.05) is 23.2 Å². The second-order valence-electron chi connectivity index (χ2n) is 4.91. The van der Waals surface area contributed by atoms with Gasteiger partial charge in [-0.2, -0.15) is 0 Å². The largest absolute Gasteiger partial charge is 0.508 e. The zero-order valence-electron chi connectivity index (χ0n) is 10.8. The van der Waals surface area contributed by atoms with Crippen molar-refractivity contribution in [2.75, 3.05) is 13.1 Å². The molecule has 110 valence electrons. The van der Waals surface area contributed by atoms with Crippen LogP contribution in [0.5, 0.6) is 5.75 Å². The van der Waals surface area contributed by atoms with Gasteiger partial charge in [0.1, 0.15) is 5.75 Å². The predicted molar refractivity (Wildman–Crippen MR) is 79.5 cm³/mol. The molecule has 0 aromatic heterocycles. The van der Waals surface area contributed by atoms with E-state index in [2.05, 4.69) is 10.6 Å². The molecule has 1 saturated heterocycles. The zero-order chi connectivity index (χ0) is 14.7. The quantitative estimate of drug-likeness (QED) is 0.689. The van der Waals surface area contributed by atoms with Crippen LogP contribution in [0.3, 0.4) is 0 Å². The van der Waals surface area contributed by atoms with Crippen LogP contribution in [0.25, 0.3) is 0 Å². The molecule has 7 heteroatoms. The summed E-state index contributed by atoms with van der Waals surface area (Å²) < 4.78 is 0. The second-order valence-corrected chi connectivity index (χ2v) is 5.70. The molecule has 1 aromatic rings. The molecule has 1 aliphatic heterocycles. The summed E-state index contributed by atoms with van der Waals surface area (Å²) in [7, 11) is 0. The van der Waals surface area contributed by atoms with E-state index < -0.39 is 6.03 Å². The SMILES string of the molecule is NC(=O)NC[C@H]1C[C@@H](c2c(O)ccc(Cl)c2Cl)CCN1. The van der Waals surface area contributed by atoms with E-state index in [9.17, 15) is 9.90 Å². The van der Waals surface area contributed by atoms with Gasteiger partial charge in [0, 0.05) is 18.2 Å². The normalized spacial score (nSPS) is 22.5.